The van der Waals surface area contributed by atoms with Gasteiger partial charge in [-0.1, -0.05) is 20.8 Å². The van der Waals surface area contributed by atoms with Crippen LogP contribution in [0.4, 0.5) is 4.39 Å². The van der Waals surface area contributed by atoms with E-state index in [4.69, 9.17) is 9.97 Å². The number of hydrogen-bond donors (Lipinski definition) is 0. The number of rotatable bonds is 0. The van der Waals surface area contributed by atoms with Crippen LogP contribution in [0.5, 0.6) is 0 Å². The summed E-state index contributed by atoms with van der Waals surface area (Å²) >= 11 is 2.10. The van der Waals surface area contributed by atoms with E-state index in [-0.39, 0.29) is 11.2 Å². The maximum atomic E-state index is 14.3. The van der Waals surface area contributed by atoms with Crippen molar-refractivity contribution in [2.75, 3.05) is 0 Å². The van der Waals surface area contributed by atoms with Crippen molar-refractivity contribution < 1.29 is 4.39 Å². The van der Waals surface area contributed by atoms with E-state index < -0.39 is 0 Å². The summed E-state index contributed by atoms with van der Waals surface area (Å²) in [5, 5.41) is 2.17. The van der Waals surface area contributed by atoms with Gasteiger partial charge in [-0.3, -0.25) is 4.40 Å². The molecule has 28 heavy (non-hydrogen) atoms. The minimum absolute atomic E-state index is 0.186. The minimum atomic E-state index is -0.215. The van der Waals surface area contributed by atoms with Crippen molar-refractivity contribution in [2.45, 2.75) is 56.5 Å². The Balaban J connectivity index is 1.80. The lowest BCUT2D eigenvalue weighted by molar-refractivity contribution is 0.542. The van der Waals surface area contributed by atoms with Gasteiger partial charge in [0.15, 0.2) is 0 Å². The molecule has 0 spiro atoms. The number of aromatic nitrogens is 3. The second-order valence-corrected chi connectivity index (χ2v) is 10.6. The number of fused-ring (bicyclic) bond motifs is 10. The number of thioether (sulfide) groups is 1. The van der Waals surface area contributed by atoms with Gasteiger partial charge in [0.2, 0.25) is 0 Å². The molecule has 1 fully saturated rings. The number of hydrogen-bond acceptors (Lipinski definition) is 3. The second kappa shape index (κ2) is 5.26. The number of aryl methyl sites for hydroxylation is 1. The normalized spacial score (nSPS) is 21.3. The molecule has 0 radical (unpaired) electrons. The summed E-state index contributed by atoms with van der Waals surface area (Å²) < 4.78 is 16.5. The highest BCUT2D eigenvalue weighted by atomic mass is 32.2. The van der Waals surface area contributed by atoms with Crippen molar-refractivity contribution >= 4 is 39.3 Å². The average Bonchev–Trinajstić information content (AvgIpc) is 3.32. The van der Waals surface area contributed by atoms with Crippen LogP contribution in [0.1, 0.15) is 66.6 Å². The van der Waals surface area contributed by atoms with Crippen LogP contribution in [0.2, 0.25) is 0 Å². The average molecular weight is 392 g/mol. The van der Waals surface area contributed by atoms with Gasteiger partial charge in [-0.05, 0) is 54.7 Å². The van der Waals surface area contributed by atoms with Crippen LogP contribution < -0.4 is 0 Å². The van der Waals surface area contributed by atoms with Crippen LogP contribution in [0, 0.1) is 12.7 Å². The fourth-order valence-corrected chi connectivity index (χ4v) is 6.46. The highest BCUT2D eigenvalue weighted by Crippen LogP contribution is 2.61. The van der Waals surface area contributed by atoms with Gasteiger partial charge >= 0.3 is 0 Å². The Bertz CT molecular complexity index is 1320. The van der Waals surface area contributed by atoms with Crippen molar-refractivity contribution in [3.05, 3.63) is 52.6 Å². The summed E-state index contributed by atoms with van der Waals surface area (Å²) in [6.07, 6.45) is 2.55. The molecule has 2 atom stereocenters. The molecule has 0 saturated carbocycles. The zero-order chi connectivity index (χ0) is 19.4. The fraction of sp³-hybridized carbons (Fsp3) is 0.391. The standard InChI is InChI=1S/C23H22FN3S/c1-11-7-14-16(10-15(11)24)26-22(23(2,3)4)27-18-9-13-12(8-17(18)25-21(14)27)19-5-6-20(13)28-19/h7-10,19-20H,5-6H2,1-4H3. The maximum Gasteiger partial charge on any atom is 0.148 e. The SMILES string of the molecule is Cc1cc2c(cc1F)nc(C(C)(C)C)n1c3cc4c(cc3nc21)C1CCC4S1. The van der Waals surface area contributed by atoms with Crippen molar-refractivity contribution in [1.29, 1.82) is 0 Å². The van der Waals surface area contributed by atoms with Gasteiger partial charge in [-0.2, -0.15) is 0 Å². The van der Waals surface area contributed by atoms with Gasteiger partial charge in [-0.15, -0.1) is 11.8 Å². The Morgan fingerprint density at radius 3 is 2.43 bits per heavy atom. The van der Waals surface area contributed by atoms with Gasteiger partial charge in [0.1, 0.15) is 17.3 Å². The highest BCUT2D eigenvalue weighted by molar-refractivity contribution is 8.00. The number of imidazole rings is 1. The zero-order valence-electron chi connectivity index (χ0n) is 16.5. The van der Waals surface area contributed by atoms with Crippen LogP contribution in [0.15, 0.2) is 24.3 Å². The first-order valence-corrected chi connectivity index (χ1v) is 10.9. The molecule has 4 aromatic rings. The fourth-order valence-electron chi connectivity index (χ4n) is 4.81. The predicted molar refractivity (Wildman–Crippen MR) is 114 cm³/mol. The smallest absolute Gasteiger partial charge is 0.148 e. The van der Waals surface area contributed by atoms with E-state index >= 15 is 0 Å². The molecule has 2 unspecified atom stereocenters. The molecule has 2 aliphatic heterocycles. The molecule has 3 nitrogen and oxygen atoms in total. The Labute approximate surface area is 167 Å². The number of benzene rings is 2. The van der Waals surface area contributed by atoms with E-state index in [1.54, 1.807) is 13.0 Å². The van der Waals surface area contributed by atoms with E-state index in [1.807, 2.05) is 6.07 Å². The van der Waals surface area contributed by atoms with E-state index in [9.17, 15) is 4.39 Å². The van der Waals surface area contributed by atoms with Gasteiger partial charge in [-0.25, -0.2) is 14.4 Å². The molecule has 4 heterocycles. The topological polar surface area (TPSA) is 30.2 Å². The highest BCUT2D eigenvalue weighted by Gasteiger charge is 2.38. The van der Waals surface area contributed by atoms with E-state index in [0.717, 1.165) is 27.9 Å². The molecule has 6 rings (SSSR count). The lowest BCUT2D eigenvalue weighted by Gasteiger charge is -2.21. The predicted octanol–water partition coefficient (Wildman–Crippen LogP) is 6.40. The lowest BCUT2D eigenvalue weighted by atomic mass is 9.91. The van der Waals surface area contributed by atoms with Crippen LogP contribution >= 0.6 is 11.8 Å². The summed E-state index contributed by atoms with van der Waals surface area (Å²) in [5.74, 6) is 0.712. The molecule has 5 heteroatoms. The molecule has 1 saturated heterocycles. The lowest BCUT2D eigenvalue weighted by Crippen LogP contribution is -2.19. The molecule has 2 bridgehead atoms. The van der Waals surface area contributed by atoms with Crippen LogP contribution in [0.25, 0.3) is 27.6 Å². The Kier molecular flexibility index (Phi) is 3.15. The third-order valence-electron chi connectivity index (χ3n) is 6.20. The summed E-state index contributed by atoms with van der Waals surface area (Å²) in [7, 11) is 0. The van der Waals surface area contributed by atoms with Crippen molar-refractivity contribution in [3.8, 4) is 0 Å². The summed E-state index contributed by atoms with van der Waals surface area (Å²) in [6, 6.07) is 8.08. The van der Waals surface area contributed by atoms with E-state index in [1.165, 1.54) is 24.0 Å². The molecule has 2 aromatic carbocycles. The number of halogens is 1. The van der Waals surface area contributed by atoms with Crippen LogP contribution in [-0.2, 0) is 5.41 Å². The largest absolute Gasteiger partial charge is 0.279 e. The van der Waals surface area contributed by atoms with Crippen LogP contribution in [-0.4, -0.2) is 14.4 Å². The third kappa shape index (κ3) is 2.11. The van der Waals surface area contributed by atoms with Gasteiger partial charge < -0.3 is 0 Å². The van der Waals surface area contributed by atoms with Crippen molar-refractivity contribution in [3.63, 3.8) is 0 Å². The molecular weight excluding hydrogens is 369 g/mol. The first-order valence-electron chi connectivity index (χ1n) is 9.93. The van der Waals surface area contributed by atoms with Gasteiger partial charge in [0.25, 0.3) is 0 Å². The Hall–Kier alpha value is -2.14. The Morgan fingerprint density at radius 2 is 1.71 bits per heavy atom. The molecule has 0 aliphatic carbocycles. The summed E-state index contributed by atoms with van der Waals surface area (Å²) in [6.45, 7) is 8.27. The van der Waals surface area contributed by atoms with Gasteiger partial charge in [0.05, 0.1) is 16.6 Å². The Morgan fingerprint density at radius 1 is 1.00 bits per heavy atom. The zero-order valence-corrected chi connectivity index (χ0v) is 17.3. The molecule has 142 valence electrons. The van der Waals surface area contributed by atoms with Crippen molar-refractivity contribution in [2.24, 2.45) is 0 Å². The molecule has 2 aliphatic rings. The van der Waals surface area contributed by atoms with Crippen molar-refractivity contribution in [1.82, 2.24) is 14.4 Å². The van der Waals surface area contributed by atoms with E-state index in [0.29, 0.717) is 21.6 Å². The molecular formula is C23H22FN3S. The number of nitrogens with zero attached hydrogens (tertiary/aromatic N) is 3. The summed E-state index contributed by atoms with van der Waals surface area (Å²) in [5.41, 5.74) is 7.10. The third-order valence-corrected chi connectivity index (χ3v) is 7.84. The molecule has 0 N–H and O–H groups in total. The van der Waals surface area contributed by atoms with E-state index in [2.05, 4.69) is 49.1 Å². The van der Waals surface area contributed by atoms with Gasteiger partial charge in [0, 0.05) is 27.4 Å². The maximum absolute atomic E-state index is 14.3. The van der Waals surface area contributed by atoms with Crippen LogP contribution in [0.3, 0.4) is 0 Å². The monoisotopic (exact) mass is 391 g/mol. The first kappa shape index (κ1) is 16.8. The summed E-state index contributed by atoms with van der Waals surface area (Å²) in [4.78, 5) is 9.96. The quantitative estimate of drug-likeness (QED) is 0.347. The first-order chi connectivity index (χ1) is 13.3. The minimum Gasteiger partial charge on any atom is -0.279 e. The molecule has 2 aromatic heterocycles. The second-order valence-electron chi connectivity index (χ2n) is 9.24. The molecule has 0 amide bonds.